The summed E-state index contributed by atoms with van der Waals surface area (Å²) in [5, 5.41) is 19.5. The molecule has 0 aliphatic carbocycles. The number of aromatic hydroxyl groups is 1. The first kappa shape index (κ1) is 16.0. The van der Waals surface area contributed by atoms with E-state index in [1.165, 1.54) is 0 Å². The summed E-state index contributed by atoms with van der Waals surface area (Å²) in [4.78, 5) is 0. The molecule has 5 nitrogen and oxygen atoms in total. The van der Waals surface area contributed by atoms with Gasteiger partial charge in [0.15, 0.2) is 5.75 Å². The van der Waals surface area contributed by atoms with Crippen LogP contribution < -0.4 is 9.47 Å². The van der Waals surface area contributed by atoms with Crippen LogP contribution in [-0.4, -0.2) is 21.9 Å². The molecule has 2 N–H and O–H groups in total. The van der Waals surface area contributed by atoms with Crippen molar-refractivity contribution in [3.8, 4) is 34.3 Å². The Morgan fingerprint density at radius 2 is 1.77 bits per heavy atom. The predicted molar refractivity (Wildman–Crippen MR) is 101 cm³/mol. The van der Waals surface area contributed by atoms with Crippen LogP contribution in [0.3, 0.4) is 0 Å². The molecule has 1 aromatic heterocycles. The Bertz CT molecular complexity index is 1060. The number of ether oxygens (including phenoxy) is 2. The van der Waals surface area contributed by atoms with Gasteiger partial charge in [-0.2, -0.15) is 5.10 Å². The van der Waals surface area contributed by atoms with Crippen molar-refractivity contribution in [2.75, 3.05) is 6.61 Å². The Hall–Kier alpha value is -3.47. The summed E-state index contributed by atoms with van der Waals surface area (Å²) in [6.07, 6.45) is 1.60. The second kappa shape index (κ2) is 6.80. The van der Waals surface area contributed by atoms with E-state index in [1.807, 2.05) is 43.3 Å². The van der Waals surface area contributed by atoms with Crippen LogP contribution in [-0.2, 0) is 0 Å². The van der Waals surface area contributed by atoms with Gasteiger partial charge < -0.3 is 14.6 Å². The topological polar surface area (TPSA) is 67.4 Å². The molecule has 0 fully saturated rings. The van der Waals surface area contributed by atoms with E-state index in [2.05, 4.69) is 16.3 Å². The molecule has 0 spiro atoms. The molecule has 0 aliphatic rings. The SMILES string of the molecule is CCOc1ccc(-c2[nH]ncc2Oc2ccc3ccccc3c2)c(O)c1. The van der Waals surface area contributed by atoms with E-state index >= 15 is 0 Å². The van der Waals surface area contributed by atoms with E-state index < -0.39 is 0 Å². The normalized spacial score (nSPS) is 10.8. The van der Waals surface area contributed by atoms with Crippen molar-refractivity contribution >= 4 is 10.8 Å². The van der Waals surface area contributed by atoms with Crippen molar-refractivity contribution < 1.29 is 14.6 Å². The summed E-state index contributed by atoms with van der Waals surface area (Å²) in [5.74, 6) is 1.96. The van der Waals surface area contributed by atoms with Crippen LogP contribution in [0.25, 0.3) is 22.0 Å². The summed E-state index contributed by atoms with van der Waals surface area (Å²) >= 11 is 0. The van der Waals surface area contributed by atoms with Gasteiger partial charge >= 0.3 is 0 Å². The Labute approximate surface area is 150 Å². The highest BCUT2D eigenvalue weighted by molar-refractivity contribution is 5.84. The Kier molecular flexibility index (Phi) is 4.19. The molecular formula is C21H18N2O3. The molecule has 4 rings (SSSR count). The average Bonchev–Trinajstić information content (AvgIpc) is 3.10. The second-order valence-corrected chi connectivity index (χ2v) is 5.83. The molecule has 1 heterocycles. The minimum Gasteiger partial charge on any atom is -0.507 e. The second-order valence-electron chi connectivity index (χ2n) is 5.83. The van der Waals surface area contributed by atoms with Gasteiger partial charge in [0.25, 0.3) is 0 Å². The number of fused-ring (bicyclic) bond motifs is 1. The lowest BCUT2D eigenvalue weighted by Gasteiger charge is -2.10. The minimum atomic E-state index is 0.101. The molecule has 0 saturated heterocycles. The van der Waals surface area contributed by atoms with Crippen molar-refractivity contribution in [3.05, 3.63) is 66.9 Å². The van der Waals surface area contributed by atoms with E-state index in [0.29, 0.717) is 35.1 Å². The molecule has 3 aromatic carbocycles. The summed E-state index contributed by atoms with van der Waals surface area (Å²) in [5.41, 5.74) is 1.21. The number of H-pyrrole nitrogens is 1. The standard InChI is InChI=1S/C21H18N2O3/c1-2-25-16-9-10-18(19(24)12-16)21-20(13-22-23-21)26-17-8-7-14-5-3-4-6-15(14)11-17/h3-13,24H,2H2,1H3,(H,22,23). The number of aromatic amines is 1. The van der Waals surface area contributed by atoms with Crippen molar-refractivity contribution in [2.24, 2.45) is 0 Å². The lowest BCUT2D eigenvalue weighted by Crippen LogP contribution is -1.92. The molecule has 0 atom stereocenters. The summed E-state index contributed by atoms with van der Waals surface area (Å²) in [7, 11) is 0. The van der Waals surface area contributed by atoms with Gasteiger partial charge in [-0.1, -0.05) is 30.3 Å². The van der Waals surface area contributed by atoms with Crippen molar-refractivity contribution in [1.82, 2.24) is 10.2 Å². The maximum atomic E-state index is 10.3. The number of nitrogens with one attached hydrogen (secondary N) is 1. The van der Waals surface area contributed by atoms with Crippen molar-refractivity contribution in [2.45, 2.75) is 6.92 Å². The zero-order valence-corrected chi connectivity index (χ0v) is 14.3. The van der Waals surface area contributed by atoms with Gasteiger partial charge in [0, 0.05) is 11.6 Å². The van der Waals surface area contributed by atoms with E-state index in [9.17, 15) is 5.11 Å². The monoisotopic (exact) mass is 346 g/mol. The Morgan fingerprint density at radius 3 is 2.58 bits per heavy atom. The van der Waals surface area contributed by atoms with Gasteiger partial charge in [0.05, 0.1) is 12.8 Å². The van der Waals surface area contributed by atoms with Crippen LogP contribution in [0, 0.1) is 0 Å². The number of hydrogen-bond acceptors (Lipinski definition) is 4. The van der Waals surface area contributed by atoms with Gasteiger partial charge in [0.2, 0.25) is 0 Å². The third kappa shape index (κ3) is 3.07. The number of hydrogen-bond donors (Lipinski definition) is 2. The van der Waals surface area contributed by atoms with Crippen LogP contribution in [0.2, 0.25) is 0 Å². The number of aromatic nitrogens is 2. The lowest BCUT2D eigenvalue weighted by atomic mass is 10.1. The van der Waals surface area contributed by atoms with Gasteiger partial charge in [-0.3, -0.25) is 5.10 Å². The summed E-state index contributed by atoms with van der Waals surface area (Å²) in [6, 6.07) is 19.2. The van der Waals surface area contributed by atoms with Gasteiger partial charge in [-0.05, 0) is 42.0 Å². The predicted octanol–water partition coefficient (Wildman–Crippen LogP) is 5.13. The van der Waals surface area contributed by atoms with Gasteiger partial charge in [0.1, 0.15) is 22.9 Å². The molecule has 0 saturated carbocycles. The number of phenolic OH excluding ortho intramolecular Hbond substituents is 1. The first-order chi connectivity index (χ1) is 12.7. The highest BCUT2D eigenvalue weighted by Crippen LogP contribution is 2.38. The van der Waals surface area contributed by atoms with Crippen LogP contribution in [0.1, 0.15) is 6.92 Å². The zero-order valence-electron chi connectivity index (χ0n) is 14.3. The van der Waals surface area contributed by atoms with E-state index in [0.717, 1.165) is 10.8 Å². The molecule has 0 bridgehead atoms. The third-order valence-electron chi connectivity index (χ3n) is 4.10. The fraction of sp³-hybridized carbons (Fsp3) is 0.0952. The van der Waals surface area contributed by atoms with Crippen LogP contribution in [0.15, 0.2) is 66.9 Å². The highest BCUT2D eigenvalue weighted by atomic mass is 16.5. The molecular weight excluding hydrogens is 328 g/mol. The third-order valence-corrected chi connectivity index (χ3v) is 4.10. The van der Waals surface area contributed by atoms with Gasteiger partial charge in [-0.25, -0.2) is 0 Å². The molecule has 4 aromatic rings. The highest BCUT2D eigenvalue weighted by Gasteiger charge is 2.14. The number of rotatable bonds is 5. The maximum Gasteiger partial charge on any atom is 0.173 e. The largest absolute Gasteiger partial charge is 0.507 e. The molecule has 130 valence electrons. The molecule has 0 unspecified atom stereocenters. The first-order valence-corrected chi connectivity index (χ1v) is 8.41. The molecule has 0 amide bonds. The van der Waals surface area contributed by atoms with Crippen molar-refractivity contribution in [1.29, 1.82) is 0 Å². The van der Waals surface area contributed by atoms with Crippen LogP contribution in [0.5, 0.6) is 23.0 Å². The molecule has 0 aliphatic heterocycles. The van der Waals surface area contributed by atoms with E-state index in [-0.39, 0.29) is 5.75 Å². The van der Waals surface area contributed by atoms with E-state index in [4.69, 9.17) is 9.47 Å². The molecule has 26 heavy (non-hydrogen) atoms. The van der Waals surface area contributed by atoms with Gasteiger partial charge in [-0.15, -0.1) is 0 Å². The van der Waals surface area contributed by atoms with Crippen LogP contribution in [0.4, 0.5) is 0 Å². The lowest BCUT2D eigenvalue weighted by molar-refractivity contribution is 0.338. The quantitative estimate of drug-likeness (QED) is 0.526. The number of phenols is 1. The maximum absolute atomic E-state index is 10.3. The fourth-order valence-electron chi connectivity index (χ4n) is 2.88. The first-order valence-electron chi connectivity index (χ1n) is 8.41. The minimum absolute atomic E-state index is 0.101. The van der Waals surface area contributed by atoms with Crippen LogP contribution >= 0.6 is 0 Å². The number of nitrogens with zero attached hydrogens (tertiary/aromatic N) is 1. The fourth-order valence-corrected chi connectivity index (χ4v) is 2.88. The summed E-state index contributed by atoms with van der Waals surface area (Å²) in [6.45, 7) is 2.44. The Balaban J connectivity index is 1.66. The number of benzene rings is 3. The Morgan fingerprint density at radius 1 is 0.962 bits per heavy atom. The van der Waals surface area contributed by atoms with E-state index in [1.54, 1.807) is 24.4 Å². The smallest absolute Gasteiger partial charge is 0.173 e. The summed E-state index contributed by atoms with van der Waals surface area (Å²) < 4.78 is 11.4. The zero-order chi connectivity index (χ0) is 17.9. The average molecular weight is 346 g/mol. The molecule has 0 radical (unpaired) electrons. The molecule has 5 heteroatoms. The van der Waals surface area contributed by atoms with Crippen molar-refractivity contribution in [3.63, 3.8) is 0 Å².